The number of nitrogens with zero attached hydrogens (tertiary/aromatic N) is 5. The van der Waals surface area contributed by atoms with E-state index in [4.69, 9.17) is 0 Å². The number of rotatable bonds is 6. The van der Waals surface area contributed by atoms with Crippen LogP contribution in [0.1, 0.15) is 36.8 Å². The Kier molecular flexibility index (Phi) is 5.77. The van der Waals surface area contributed by atoms with E-state index < -0.39 is 0 Å². The second-order valence-electron chi connectivity index (χ2n) is 6.64. The maximum Gasteiger partial charge on any atom is 0.233 e. The van der Waals surface area contributed by atoms with E-state index in [0.717, 1.165) is 42.5 Å². The molecule has 0 spiro atoms. The van der Waals surface area contributed by atoms with E-state index in [2.05, 4.69) is 45.0 Å². The molecule has 146 valence electrons. The van der Waals surface area contributed by atoms with Crippen molar-refractivity contribution in [1.82, 2.24) is 24.6 Å². The van der Waals surface area contributed by atoms with Crippen molar-refractivity contribution in [2.45, 2.75) is 44.4 Å². The average Bonchev–Trinajstić information content (AvgIpc) is 3.38. The van der Waals surface area contributed by atoms with Gasteiger partial charge in [-0.1, -0.05) is 18.7 Å². The van der Waals surface area contributed by atoms with Crippen LogP contribution in [-0.4, -0.2) is 42.9 Å². The molecule has 0 fully saturated rings. The Labute approximate surface area is 173 Å². The van der Waals surface area contributed by atoms with Gasteiger partial charge in [0.2, 0.25) is 5.91 Å². The normalized spacial score (nSPS) is 16.2. The Hall–Kier alpha value is -2.19. The zero-order chi connectivity index (χ0) is 19.5. The van der Waals surface area contributed by atoms with Crippen LogP contribution in [0.2, 0.25) is 0 Å². The van der Waals surface area contributed by atoms with Gasteiger partial charge in [-0.25, -0.2) is 0 Å². The van der Waals surface area contributed by atoms with Gasteiger partial charge in [-0.3, -0.25) is 9.78 Å². The fourth-order valence-electron chi connectivity index (χ4n) is 3.74. The van der Waals surface area contributed by atoms with Crippen molar-refractivity contribution >= 4 is 29.0 Å². The molecule has 1 aliphatic heterocycles. The van der Waals surface area contributed by atoms with Gasteiger partial charge in [-0.2, -0.15) is 0 Å². The van der Waals surface area contributed by atoms with Crippen molar-refractivity contribution in [3.63, 3.8) is 0 Å². The summed E-state index contributed by atoms with van der Waals surface area (Å²) in [5.41, 5.74) is 2.31. The van der Waals surface area contributed by atoms with Crippen LogP contribution in [0.15, 0.2) is 41.1 Å². The molecule has 3 aromatic rings. The highest BCUT2D eigenvalue weighted by Gasteiger charge is 2.30. The second kappa shape index (κ2) is 8.45. The first kappa shape index (κ1) is 19.1. The summed E-state index contributed by atoms with van der Waals surface area (Å²) < 4.78 is 2.05. The number of thiophene rings is 1. The Morgan fingerprint density at radius 1 is 1.25 bits per heavy atom. The van der Waals surface area contributed by atoms with E-state index in [1.54, 1.807) is 23.7 Å². The topological polar surface area (TPSA) is 63.9 Å². The van der Waals surface area contributed by atoms with Crippen molar-refractivity contribution in [3.8, 4) is 11.4 Å². The molecule has 1 unspecified atom stereocenters. The van der Waals surface area contributed by atoms with E-state index >= 15 is 0 Å². The molecule has 0 aromatic carbocycles. The van der Waals surface area contributed by atoms with Crippen LogP contribution in [0, 0.1) is 0 Å². The van der Waals surface area contributed by atoms with Crippen LogP contribution in [-0.2, 0) is 17.8 Å². The number of hydrogen-bond acceptors (Lipinski definition) is 6. The molecule has 28 heavy (non-hydrogen) atoms. The molecule has 1 atom stereocenters. The standard InChI is InChI=1S/C20H23N5OS2/c1-3-16-15-8-12-27-17(15)7-11-25(16)18(26)13-28-20-23-22-19(24(20)4-2)14-5-9-21-10-6-14/h5-6,8-10,12,16H,3-4,7,11,13H2,1-2H3. The summed E-state index contributed by atoms with van der Waals surface area (Å²) in [6.07, 6.45) is 5.40. The first-order valence-electron chi connectivity index (χ1n) is 9.55. The maximum absolute atomic E-state index is 13.0. The minimum absolute atomic E-state index is 0.171. The number of thioether (sulfide) groups is 1. The van der Waals surface area contributed by atoms with Crippen molar-refractivity contribution in [2.75, 3.05) is 12.3 Å². The monoisotopic (exact) mass is 413 g/mol. The summed E-state index contributed by atoms with van der Waals surface area (Å²) in [5.74, 6) is 1.36. The number of carbonyl (C=O) groups is 1. The lowest BCUT2D eigenvalue weighted by atomic mass is 9.98. The number of carbonyl (C=O) groups excluding carboxylic acids is 1. The lowest BCUT2D eigenvalue weighted by Gasteiger charge is -2.35. The first-order valence-corrected chi connectivity index (χ1v) is 11.4. The molecule has 1 aliphatic rings. The fraction of sp³-hybridized carbons (Fsp3) is 0.400. The van der Waals surface area contributed by atoms with Gasteiger partial charge in [0, 0.05) is 35.9 Å². The quantitative estimate of drug-likeness (QED) is 0.571. The summed E-state index contributed by atoms with van der Waals surface area (Å²) in [7, 11) is 0. The molecule has 0 aliphatic carbocycles. The predicted octanol–water partition coefficient (Wildman–Crippen LogP) is 4.05. The van der Waals surface area contributed by atoms with Crippen molar-refractivity contribution in [2.24, 2.45) is 0 Å². The molecule has 0 saturated carbocycles. The van der Waals surface area contributed by atoms with Crippen LogP contribution in [0.4, 0.5) is 0 Å². The minimum Gasteiger partial charge on any atom is -0.335 e. The molecular formula is C20H23N5OS2. The summed E-state index contributed by atoms with van der Waals surface area (Å²) in [5, 5.41) is 11.6. The highest BCUT2D eigenvalue weighted by atomic mass is 32.2. The number of amides is 1. The van der Waals surface area contributed by atoms with E-state index in [1.165, 1.54) is 22.2 Å². The predicted molar refractivity (Wildman–Crippen MR) is 112 cm³/mol. The Balaban J connectivity index is 1.48. The molecule has 4 rings (SSSR count). The van der Waals surface area contributed by atoms with Gasteiger partial charge in [-0.05, 0) is 48.9 Å². The van der Waals surface area contributed by atoms with Gasteiger partial charge < -0.3 is 9.47 Å². The lowest BCUT2D eigenvalue weighted by molar-refractivity contribution is -0.131. The average molecular weight is 414 g/mol. The Morgan fingerprint density at radius 3 is 2.82 bits per heavy atom. The van der Waals surface area contributed by atoms with Crippen LogP contribution in [0.5, 0.6) is 0 Å². The molecule has 8 heteroatoms. The summed E-state index contributed by atoms with van der Waals surface area (Å²) >= 11 is 3.27. The van der Waals surface area contributed by atoms with Crippen LogP contribution >= 0.6 is 23.1 Å². The Morgan fingerprint density at radius 2 is 2.07 bits per heavy atom. The van der Waals surface area contributed by atoms with Crippen molar-refractivity contribution in [3.05, 3.63) is 46.4 Å². The maximum atomic E-state index is 13.0. The lowest BCUT2D eigenvalue weighted by Crippen LogP contribution is -2.40. The zero-order valence-electron chi connectivity index (χ0n) is 16.0. The molecule has 0 bridgehead atoms. The van der Waals surface area contributed by atoms with Crippen LogP contribution < -0.4 is 0 Å². The number of hydrogen-bond donors (Lipinski definition) is 0. The minimum atomic E-state index is 0.171. The summed E-state index contributed by atoms with van der Waals surface area (Å²) in [4.78, 5) is 20.5. The van der Waals surface area contributed by atoms with Gasteiger partial charge in [0.25, 0.3) is 0 Å². The zero-order valence-corrected chi connectivity index (χ0v) is 17.7. The van der Waals surface area contributed by atoms with Crippen molar-refractivity contribution in [1.29, 1.82) is 0 Å². The molecular weight excluding hydrogens is 390 g/mol. The SMILES string of the molecule is CCC1c2ccsc2CCN1C(=O)CSc1nnc(-c2ccncc2)n1CC. The molecule has 1 amide bonds. The highest BCUT2D eigenvalue weighted by molar-refractivity contribution is 7.99. The number of aromatic nitrogens is 4. The van der Waals surface area contributed by atoms with Crippen LogP contribution in [0.25, 0.3) is 11.4 Å². The fourth-order valence-corrected chi connectivity index (χ4v) is 5.56. The smallest absolute Gasteiger partial charge is 0.233 e. The molecule has 0 saturated heterocycles. The van der Waals surface area contributed by atoms with Gasteiger partial charge in [0.05, 0.1) is 11.8 Å². The largest absolute Gasteiger partial charge is 0.335 e. The second-order valence-corrected chi connectivity index (χ2v) is 8.58. The third-order valence-electron chi connectivity index (χ3n) is 5.10. The molecule has 0 N–H and O–H groups in total. The first-order chi connectivity index (χ1) is 13.7. The number of pyridine rings is 1. The van der Waals surface area contributed by atoms with Crippen molar-refractivity contribution < 1.29 is 4.79 Å². The van der Waals surface area contributed by atoms with Gasteiger partial charge in [0.1, 0.15) is 0 Å². The number of fused-ring (bicyclic) bond motifs is 1. The molecule has 4 heterocycles. The Bertz CT molecular complexity index is 953. The highest BCUT2D eigenvalue weighted by Crippen LogP contribution is 2.35. The third kappa shape index (κ3) is 3.58. The van der Waals surface area contributed by atoms with Gasteiger partial charge in [-0.15, -0.1) is 21.5 Å². The summed E-state index contributed by atoms with van der Waals surface area (Å²) in [6, 6.07) is 6.22. The summed E-state index contributed by atoms with van der Waals surface area (Å²) in [6.45, 7) is 5.77. The van der Waals surface area contributed by atoms with Gasteiger partial charge in [0.15, 0.2) is 11.0 Å². The van der Waals surface area contributed by atoms with E-state index in [0.29, 0.717) is 5.75 Å². The van der Waals surface area contributed by atoms with E-state index in [9.17, 15) is 4.79 Å². The van der Waals surface area contributed by atoms with E-state index in [-0.39, 0.29) is 11.9 Å². The van der Waals surface area contributed by atoms with Crippen LogP contribution in [0.3, 0.4) is 0 Å². The molecule has 3 aromatic heterocycles. The third-order valence-corrected chi connectivity index (χ3v) is 7.05. The van der Waals surface area contributed by atoms with E-state index in [1.807, 2.05) is 17.0 Å². The molecule has 0 radical (unpaired) electrons. The molecule has 6 nitrogen and oxygen atoms in total. The van der Waals surface area contributed by atoms with Gasteiger partial charge >= 0.3 is 0 Å².